The van der Waals surface area contributed by atoms with Gasteiger partial charge in [-0.2, -0.15) is 13.2 Å². The number of anilines is 1. The number of hydrogen-bond donors (Lipinski definition) is 1. The molecule has 0 unspecified atom stereocenters. The van der Waals surface area contributed by atoms with E-state index in [0.29, 0.717) is 11.4 Å². The summed E-state index contributed by atoms with van der Waals surface area (Å²) in [5, 5.41) is 13.2. The monoisotopic (exact) mass is 286 g/mol. The fraction of sp³-hybridized carbons (Fsp3) is 0.167. The number of hydrogen-bond acceptors (Lipinski definition) is 4. The average Bonchev–Trinajstić information content (AvgIpc) is 2.85. The lowest BCUT2D eigenvalue weighted by atomic mass is 10.2. The molecular weight excluding hydrogens is 277 g/mol. The zero-order valence-corrected chi connectivity index (χ0v) is 9.98. The summed E-state index contributed by atoms with van der Waals surface area (Å²) in [7, 11) is 0. The predicted molar refractivity (Wildman–Crippen MR) is 64.1 cm³/mol. The molecule has 0 aliphatic rings. The van der Waals surface area contributed by atoms with E-state index < -0.39 is 16.7 Å². The van der Waals surface area contributed by atoms with Crippen LogP contribution in [0.5, 0.6) is 0 Å². The second-order valence-electron chi connectivity index (χ2n) is 3.93. The van der Waals surface area contributed by atoms with Crippen LogP contribution in [0.2, 0.25) is 0 Å². The first-order chi connectivity index (χ1) is 9.36. The lowest BCUT2D eigenvalue weighted by molar-refractivity contribution is -0.402. The molecule has 0 saturated carbocycles. The van der Waals surface area contributed by atoms with Crippen molar-refractivity contribution in [1.29, 1.82) is 0 Å². The van der Waals surface area contributed by atoms with Crippen LogP contribution in [0.1, 0.15) is 11.3 Å². The minimum Gasteiger partial charge on any atom is -0.404 e. The third-order valence-electron chi connectivity index (χ3n) is 2.51. The van der Waals surface area contributed by atoms with Crippen molar-refractivity contribution in [3.05, 3.63) is 57.8 Å². The van der Waals surface area contributed by atoms with Gasteiger partial charge in [-0.05, 0) is 30.3 Å². The molecule has 1 N–H and O–H groups in total. The molecular formula is C12H9F3N2O3. The van der Waals surface area contributed by atoms with Crippen LogP contribution >= 0.6 is 0 Å². The minimum atomic E-state index is -4.37. The number of furan rings is 1. The molecule has 0 spiro atoms. The first-order valence-corrected chi connectivity index (χ1v) is 5.50. The fourth-order valence-corrected chi connectivity index (χ4v) is 1.53. The molecule has 1 aromatic carbocycles. The van der Waals surface area contributed by atoms with Gasteiger partial charge < -0.3 is 9.73 Å². The first-order valence-electron chi connectivity index (χ1n) is 5.50. The first kappa shape index (κ1) is 13.9. The van der Waals surface area contributed by atoms with Crippen LogP contribution in [0.25, 0.3) is 0 Å². The van der Waals surface area contributed by atoms with E-state index in [4.69, 9.17) is 4.42 Å². The Kier molecular flexibility index (Phi) is 3.64. The number of rotatable bonds is 4. The average molecular weight is 286 g/mol. The number of alkyl halides is 3. The zero-order chi connectivity index (χ0) is 14.8. The largest absolute Gasteiger partial charge is 0.433 e. The van der Waals surface area contributed by atoms with Gasteiger partial charge in [-0.15, -0.1) is 0 Å². The highest BCUT2D eigenvalue weighted by molar-refractivity contribution is 5.45. The standard InChI is InChI=1S/C12H9F3N2O3/c13-12(14,15)8-1-3-9(4-2-8)16-7-10-5-6-11(20-10)17(18)19/h1-6,16H,7H2. The minimum absolute atomic E-state index is 0.138. The molecule has 5 nitrogen and oxygen atoms in total. The van der Waals surface area contributed by atoms with Gasteiger partial charge >= 0.3 is 12.1 Å². The van der Waals surface area contributed by atoms with Gasteiger partial charge in [0.05, 0.1) is 18.2 Å². The van der Waals surface area contributed by atoms with Crippen LogP contribution in [0.3, 0.4) is 0 Å². The number of halogens is 3. The molecule has 2 rings (SSSR count). The summed E-state index contributed by atoms with van der Waals surface area (Å²) in [6.07, 6.45) is -4.37. The molecule has 106 valence electrons. The summed E-state index contributed by atoms with van der Waals surface area (Å²) in [6, 6.07) is 7.10. The summed E-state index contributed by atoms with van der Waals surface area (Å²) in [5.41, 5.74) is -0.284. The van der Waals surface area contributed by atoms with Crippen molar-refractivity contribution in [1.82, 2.24) is 0 Å². The van der Waals surface area contributed by atoms with Crippen molar-refractivity contribution in [2.24, 2.45) is 0 Å². The van der Waals surface area contributed by atoms with E-state index in [1.165, 1.54) is 24.3 Å². The van der Waals surface area contributed by atoms with E-state index >= 15 is 0 Å². The van der Waals surface area contributed by atoms with E-state index in [2.05, 4.69) is 5.32 Å². The van der Waals surface area contributed by atoms with E-state index in [-0.39, 0.29) is 12.4 Å². The van der Waals surface area contributed by atoms with Gasteiger partial charge in [-0.25, -0.2) is 0 Å². The molecule has 1 aromatic heterocycles. The highest BCUT2D eigenvalue weighted by Gasteiger charge is 2.29. The van der Waals surface area contributed by atoms with Crippen LogP contribution in [-0.4, -0.2) is 4.92 Å². The van der Waals surface area contributed by atoms with Gasteiger partial charge in [-0.3, -0.25) is 10.1 Å². The predicted octanol–water partition coefficient (Wildman–Crippen LogP) is 3.82. The molecule has 2 aromatic rings. The smallest absolute Gasteiger partial charge is 0.404 e. The van der Waals surface area contributed by atoms with Gasteiger partial charge in [0.2, 0.25) is 0 Å². The molecule has 0 fully saturated rings. The van der Waals surface area contributed by atoms with Gasteiger partial charge in [0, 0.05) is 5.69 Å². The van der Waals surface area contributed by atoms with Crippen molar-refractivity contribution in [2.75, 3.05) is 5.32 Å². The quantitative estimate of drug-likeness (QED) is 0.685. The summed E-state index contributed by atoms with van der Waals surface area (Å²) < 4.78 is 42.0. The second-order valence-corrected chi connectivity index (χ2v) is 3.93. The number of nitrogens with one attached hydrogen (secondary N) is 1. The maximum absolute atomic E-state index is 12.3. The van der Waals surface area contributed by atoms with Crippen LogP contribution in [0, 0.1) is 10.1 Å². The molecule has 1 heterocycles. The van der Waals surface area contributed by atoms with Gasteiger partial charge in [0.25, 0.3) is 0 Å². The lowest BCUT2D eigenvalue weighted by Gasteiger charge is -2.08. The van der Waals surface area contributed by atoms with Crippen molar-refractivity contribution in [3.63, 3.8) is 0 Å². The number of nitro groups is 1. The fourth-order valence-electron chi connectivity index (χ4n) is 1.53. The highest BCUT2D eigenvalue weighted by atomic mass is 19.4. The molecule has 0 aliphatic heterocycles. The van der Waals surface area contributed by atoms with Crippen molar-refractivity contribution < 1.29 is 22.5 Å². The molecule has 0 radical (unpaired) electrons. The van der Waals surface area contributed by atoms with Crippen molar-refractivity contribution in [3.8, 4) is 0 Å². The third-order valence-corrected chi connectivity index (χ3v) is 2.51. The van der Waals surface area contributed by atoms with Gasteiger partial charge in [0.15, 0.2) is 0 Å². The molecule has 0 atom stereocenters. The SMILES string of the molecule is O=[N+]([O-])c1ccc(CNc2ccc(C(F)(F)F)cc2)o1. The molecule has 8 heteroatoms. The Balaban J connectivity index is 1.98. The van der Waals surface area contributed by atoms with E-state index in [1.807, 2.05) is 0 Å². The topological polar surface area (TPSA) is 68.3 Å². The third kappa shape index (κ3) is 3.28. The lowest BCUT2D eigenvalue weighted by Crippen LogP contribution is -2.05. The molecule has 0 bridgehead atoms. The van der Waals surface area contributed by atoms with Crippen LogP contribution in [0.15, 0.2) is 40.8 Å². The highest BCUT2D eigenvalue weighted by Crippen LogP contribution is 2.29. The van der Waals surface area contributed by atoms with E-state index in [0.717, 1.165) is 12.1 Å². The molecule has 0 saturated heterocycles. The number of nitrogens with zero attached hydrogens (tertiary/aromatic N) is 1. The number of benzene rings is 1. The summed E-state index contributed by atoms with van der Waals surface area (Å²) in [6.45, 7) is 0.138. The normalized spacial score (nSPS) is 11.3. The van der Waals surface area contributed by atoms with Gasteiger partial charge in [-0.1, -0.05) is 0 Å². The zero-order valence-electron chi connectivity index (χ0n) is 9.98. The molecule has 20 heavy (non-hydrogen) atoms. The second kappa shape index (κ2) is 5.24. The van der Waals surface area contributed by atoms with Gasteiger partial charge in [0.1, 0.15) is 10.7 Å². The van der Waals surface area contributed by atoms with Crippen molar-refractivity contribution >= 4 is 11.6 Å². The Bertz CT molecular complexity index is 605. The van der Waals surface area contributed by atoms with Crippen LogP contribution < -0.4 is 5.32 Å². The van der Waals surface area contributed by atoms with E-state index in [9.17, 15) is 23.3 Å². The Morgan fingerprint density at radius 2 is 1.80 bits per heavy atom. The molecule has 0 aliphatic carbocycles. The van der Waals surface area contributed by atoms with E-state index in [1.54, 1.807) is 0 Å². The van der Waals surface area contributed by atoms with Crippen LogP contribution in [0.4, 0.5) is 24.7 Å². The maximum atomic E-state index is 12.3. The summed E-state index contributed by atoms with van der Waals surface area (Å²) >= 11 is 0. The Labute approximate surface area is 111 Å². The van der Waals surface area contributed by atoms with Crippen molar-refractivity contribution in [2.45, 2.75) is 12.7 Å². The summed E-state index contributed by atoms with van der Waals surface area (Å²) in [4.78, 5) is 9.74. The summed E-state index contributed by atoms with van der Waals surface area (Å²) in [5.74, 6) is -0.0641. The van der Waals surface area contributed by atoms with Crippen LogP contribution in [-0.2, 0) is 12.7 Å². The maximum Gasteiger partial charge on any atom is 0.433 e. The Morgan fingerprint density at radius 1 is 1.15 bits per heavy atom. The Morgan fingerprint density at radius 3 is 2.30 bits per heavy atom. The molecule has 0 amide bonds. The Hall–Kier alpha value is -2.51.